The minimum absolute atomic E-state index is 0.0347. The number of rotatable bonds is 49. The highest BCUT2D eigenvalue weighted by molar-refractivity contribution is 5.71. The first-order chi connectivity index (χ1) is 30.6. The Hall–Kier alpha value is -2.40. The molecule has 0 aromatic carbocycles. The summed E-state index contributed by atoms with van der Waals surface area (Å²) in [5.41, 5.74) is 0. The van der Waals surface area contributed by atoms with E-state index in [1.807, 2.05) is 12.2 Å². The van der Waals surface area contributed by atoms with Crippen LogP contribution < -0.4 is 0 Å². The lowest BCUT2D eigenvalue weighted by Crippen LogP contribution is -2.30. The molecule has 360 valence electrons. The molecule has 5 nitrogen and oxygen atoms in total. The molecule has 1 atom stereocenters. The van der Waals surface area contributed by atoms with Crippen molar-refractivity contribution in [2.75, 3.05) is 19.8 Å². The van der Waals surface area contributed by atoms with E-state index >= 15 is 0 Å². The molecule has 0 aromatic heterocycles. The van der Waals surface area contributed by atoms with E-state index in [2.05, 4.69) is 69.4 Å². The molecule has 0 bridgehead atoms. The number of ether oxygens (including phenoxy) is 3. The van der Waals surface area contributed by atoms with Crippen LogP contribution in [-0.2, 0) is 23.8 Å². The molecule has 0 saturated heterocycles. The van der Waals surface area contributed by atoms with Gasteiger partial charge in [0.25, 0.3) is 0 Å². The number of unbranched alkanes of at least 4 members (excludes halogenated alkanes) is 29. The summed E-state index contributed by atoms with van der Waals surface area (Å²) in [4.78, 5) is 25.3. The van der Waals surface area contributed by atoms with E-state index in [1.165, 1.54) is 173 Å². The van der Waals surface area contributed by atoms with Gasteiger partial charge >= 0.3 is 11.9 Å². The lowest BCUT2D eigenvalue weighted by Gasteiger charge is -2.18. The third-order valence-corrected chi connectivity index (χ3v) is 11.6. The Morgan fingerprint density at radius 3 is 1.10 bits per heavy atom. The molecule has 0 saturated carbocycles. The fraction of sp³-hybridized carbons (Fsp3) is 0.789. The molecule has 0 rings (SSSR count). The smallest absolute Gasteiger partial charge is 0.309 e. The van der Waals surface area contributed by atoms with Crippen LogP contribution in [0.3, 0.4) is 0 Å². The van der Waals surface area contributed by atoms with Crippen LogP contribution >= 0.6 is 0 Å². The molecule has 0 radical (unpaired) electrons. The van der Waals surface area contributed by atoms with Crippen LogP contribution in [0.1, 0.15) is 265 Å². The van der Waals surface area contributed by atoms with Crippen LogP contribution in [0.4, 0.5) is 0 Å². The van der Waals surface area contributed by atoms with Crippen LogP contribution in [0.2, 0.25) is 0 Å². The largest absolute Gasteiger partial charge is 0.461 e. The van der Waals surface area contributed by atoms with Gasteiger partial charge in [-0.2, -0.15) is 0 Å². The maximum absolute atomic E-state index is 12.8. The summed E-state index contributed by atoms with van der Waals surface area (Å²) in [7, 11) is 0. The highest BCUT2D eigenvalue weighted by atomic mass is 16.6. The second kappa shape index (κ2) is 52.9. The number of hydrogen-bond donors (Lipinski definition) is 0. The fourth-order valence-corrected chi connectivity index (χ4v) is 7.64. The molecule has 5 heteroatoms. The number of carbonyl (C=O) groups is 2. The van der Waals surface area contributed by atoms with Gasteiger partial charge < -0.3 is 14.2 Å². The second-order valence-electron chi connectivity index (χ2n) is 17.8. The summed E-state index contributed by atoms with van der Waals surface area (Å²) in [6.45, 7) is 7.65. The van der Waals surface area contributed by atoms with E-state index < -0.39 is 6.10 Å². The third kappa shape index (κ3) is 50.2. The minimum Gasteiger partial charge on any atom is -0.461 e. The van der Waals surface area contributed by atoms with E-state index in [0.29, 0.717) is 13.0 Å². The maximum atomic E-state index is 12.8. The predicted octanol–water partition coefficient (Wildman–Crippen LogP) is 18.1. The second-order valence-corrected chi connectivity index (χ2v) is 17.8. The van der Waals surface area contributed by atoms with Gasteiger partial charge in [-0.1, -0.05) is 268 Å². The highest BCUT2D eigenvalue weighted by Crippen LogP contribution is 2.16. The average molecular weight is 867 g/mol. The standard InChI is InChI=1S/C57H102O5/c1-4-7-10-13-16-19-22-25-27-28-29-31-34-37-40-43-46-49-52-60-53-55(62-57(59)51-48-45-42-39-36-32-24-21-18-15-12-9-6-3)54-61-56(58)50-47-44-41-38-35-33-30-26-23-20-17-14-11-8-5-2/h8,11,17,20,26,30,35,38,44,47,55H,4-7,9-10,12-16,18-19,21-25,27-29,31-34,36-37,39-43,45-46,48-54H2,1-3H3/b11-8-,20-17-,30-26-,38-35-,47-44-. The molecule has 62 heavy (non-hydrogen) atoms. The Morgan fingerprint density at radius 2 is 0.710 bits per heavy atom. The van der Waals surface area contributed by atoms with Gasteiger partial charge in [-0.05, 0) is 44.9 Å². The number of allylic oxidation sites excluding steroid dienone is 9. The minimum atomic E-state index is -0.572. The molecule has 0 spiro atoms. The Balaban J connectivity index is 4.32. The van der Waals surface area contributed by atoms with Crippen molar-refractivity contribution in [1.29, 1.82) is 0 Å². The van der Waals surface area contributed by atoms with Crippen molar-refractivity contribution in [3.8, 4) is 0 Å². The van der Waals surface area contributed by atoms with Crippen molar-refractivity contribution in [2.24, 2.45) is 0 Å². The quantitative estimate of drug-likeness (QED) is 0.0346. The molecule has 0 aromatic rings. The molecule has 0 aliphatic carbocycles. The topological polar surface area (TPSA) is 61.8 Å². The van der Waals surface area contributed by atoms with Crippen LogP contribution in [0.15, 0.2) is 60.8 Å². The third-order valence-electron chi connectivity index (χ3n) is 11.6. The first-order valence-electron chi connectivity index (χ1n) is 26.8. The molecule has 0 N–H and O–H groups in total. The van der Waals surface area contributed by atoms with E-state index in [4.69, 9.17) is 14.2 Å². The number of hydrogen-bond acceptors (Lipinski definition) is 5. The summed E-state index contributed by atoms with van der Waals surface area (Å²) in [5, 5.41) is 0. The van der Waals surface area contributed by atoms with Crippen molar-refractivity contribution < 1.29 is 23.8 Å². The molecule has 0 amide bonds. The molecule has 0 aliphatic heterocycles. The molecule has 1 unspecified atom stereocenters. The lowest BCUT2D eigenvalue weighted by molar-refractivity contribution is -0.162. The van der Waals surface area contributed by atoms with Gasteiger partial charge in [0.2, 0.25) is 0 Å². The molecule has 0 aliphatic rings. The summed E-state index contributed by atoms with van der Waals surface area (Å²) < 4.78 is 17.3. The Morgan fingerprint density at radius 1 is 0.371 bits per heavy atom. The van der Waals surface area contributed by atoms with Crippen LogP contribution in [0, 0.1) is 0 Å². The summed E-state index contributed by atoms with van der Waals surface area (Å²) in [6, 6.07) is 0. The first kappa shape index (κ1) is 59.6. The summed E-state index contributed by atoms with van der Waals surface area (Å²) in [6.07, 6.45) is 66.9. The number of esters is 2. The van der Waals surface area contributed by atoms with Gasteiger partial charge in [0.15, 0.2) is 6.10 Å². The van der Waals surface area contributed by atoms with E-state index in [0.717, 1.165) is 57.8 Å². The Kier molecular flexibility index (Phi) is 50.9. The van der Waals surface area contributed by atoms with Crippen molar-refractivity contribution >= 4 is 11.9 Å². The van der Waals surface area contributed by atoms with E-state index in [9.17, 15) is 9.59 Å². The zero-order chi connectivity index (χ0) is 44.9. The molecular formula is C57H102O5. The van der Waals surface area contributed by atoms with Crippen molar-refractivity contribution in [3.05, 3.63) is 60.8 Å². The average Bonchev–Trinajstić information content (AvgIpc) is 3.27. The summed E-state index contributed by atoms with van der Waals surface area (Å²) in [5.74, 6) is -0.531. The number of carbonyl (C=O) groups excluding carboxylic acids is 2. The molecule has 0 heterocycles. The van der Waals surface area contributed by atoms with Crippen LogP contribution in [0.5, 0.6) is 0 Å². The van der Waals surface area contributed by atoms with Crippen LogP contribution in [-0.4, -0.2) is 37.9 Å². The van der Waals surface area contributed by atoms with Gasteiger partial charge in [0, 0.05) is 13.0 Å². The van der Waals surface area contributed by atoms with E-state index in [-0.39, 0.29) is 31.6 Å². The Bertz CT molecular complexity index is 1070. The monoisotopic (exact) mass is 867 g/mol. The van der Waals surface area contributed by atoms with Gasteiger partial charge in [-0.3, -0.25) is 9.59 Å². The van der Waals surface area contributed by atoms with Gasteiger partial charge in [0.05, 0.1) is 13.0 Å². The predicted molar refractivity (Wildman–Crippen MR) is 270 cm³/mol. The van der Waals surface area contributed by atoms with Crippen molar-refractivity contribution in [1.82, 2.24) is 0 Å². The fourth-order valence-electron chi connectivity index (χ4n) is 7.64. The normalized spacial score (nSPS) is 12.6. The van der Waals surface area contributed by atoms with Gasteiger partial charge in [0.1, 0.15) is 6.61 Å². The molecule has 0 fully saturated rings. The highest BCUT2D eigenvalue weighted by Gasteiger charge is 2.17. The zero-order valence-electron chi connectivity index (χ0n) is 41.4. The van der Waals surface area contributed by atoms with Gasteiger partial charge in [-0.15, -0.1) is 0 Å². The van der Waals surface area contributed by atoms with E-state index in [1.54, 1.807) is 0 Å². The first-order valence-corrected chi connectivity index (χ1v) is 26.8. The lowest BCUT2D eigenvalue weighted by atomic mass is 10.0. The maximum Gasteiger partial charge on any atom is 0.309 e. The summed E-state index contributed by atoms with van der Waals surface area (Å²) >= 11 is 0. The van der Waals surface area contributed by atoms with Gasteiger partial charge in [-0.25, -0.2) is 0 Å². The van der Waals surface area contributed by atoms with Crippen LogP contribution in [0.25, 0.3) is 0 Å². The van der Waals surface area contributed by atoms with Crippen molar-refractivity contribution in [3.63, 3.8) is 0 Å². The Labute approximate surface area is 385 Å². The molecular weight excluding hydrogens is 765 g/mol. The van der Waals surface area contributed by atoms with Crippen molar-refractivity contribution in [2.45, 2.75) is 271 Å². The zero-order valence-corrected chi connectivity index (χ0v) is 41.4. The SMILES string of the molecule is CC/C=C\C/C=C\C/C=C\C/C=C\C/C=C\CC(=O)OCC(COCCCCCCCCCCCCCCCCCCCC)OC(=O)CCCCCCCCCCCCCCC.